The fourth-order valence-corrected chi connectivity index (χ4v) is 3.36. The molecule has 0 saturated heterocycles. The van der Waals surface area contributed by atoms with Crippen molar-refractivity contribution in [1.29, 1.82) is 0 Å². The van der Waals surface area contributed by atoms with Gasteiger partial charge in [-0.05, 0) is 42.0 Å². The number of aromatic amines is 2. The Kier molecular flexibility index (Phi) is 4.14. The first kappa shape index (κ1) is 16.9. The summed E-state index contributed by atoms with van der Waals surface area (Å²) in [6, 6.07) is 19.2. The number of carbonyl (C=O) groups is 1. The highest BCUT2D eigenvalue weighted by atomic mass is 16.1. The highest BCUT2D eigenvalue weighted by molar-refractivity contribution is 6.29. The number of nitrogens with one attached hydrogen (secondary N) is 3. The fourth-order valence-electron chi connectivity index (χ4n) is 3.36. The second-order valence-corrected chi connectivity index (χ2v) is 6.69. The number of H-pyrrole nitrogens is 2. The maximum absolute atomic E-state index is 13.2. The number of hydrogen-bond donors (Lipinski definition) is 3. The summed E-state index contributed by atoms with van der Waals surface area (Å²) in [6.07, 6.45) is 7.24. The van der Waals surface area contributed by atoms with Gasteiger partial charge in [-0.15, -0.1) is 0 Å². The highest BCUT2D eigenvalue weighted by Crippen LogP contribution is 2.25. The van der Waals surface area contributed by atoms with E-state index in [4.69, 9.17) is 0 Å². The molecule has 6 heteroatoms. The Morgan fingerprint density at radius 2 is 1.93 bits per heavy atom. The predicted molar refractivity (Wildman–Crippen MR) is 115 cm³/mol. The lowest BCUT2D eigenvalue weighted by Crippen LogP contribution is -2.13. The Hall–Kier alpha value is -4.19. The van der Waals surface area contributed by atoms with Crippen LogP contribution in [-0.4, -0.2) is 26.1 Å². The van der Waals surface area contributed by atoms with E-state index >= 15 is 0 Å². The van der Waals surface area contributed by atoms with Gasteiger partial charge in [0.15, 0.2) is 0 Å². The highest BCUT2D eigenvalue weighted by Gasteiger charge is 2.14. The number of anilines is 1. The third-order valence-corrected chi connectivity index (χ3v) is 4.81. The van der Waals surface area contributed by atoms with Crippen LogP contribution in [0, 0.1) is 0 Å². The van der Waals surface area contributed by atoms with Crippen LogP contribution in [0.25, 0.3) is 33.6 Å². The van der Waals surface area contributed by atoms with Crippen molar-refractivity contribution in [2.24, 2.45) is 0 Å². The molecule has 0 aliphatic heterocycles. The molecule has 140 valence electrons. The van der Waals surface area contributed by atoms with Gasteiger partial charge in [0.1, 0.15) is 5.65 Å². The van der Waals surface area contributed by atoms with Gasteiger partial charge in [0.25, 0.3) is 5.91 Å². The SMILES string of the molecule is O=C(Nc1ccc2cn[nH]c2c1)/C(=C/c1c[nH]c2ncccc12)c1ccccc1. The van der Waals surface area contributed by atoms with Gasteiger partial charge in [-0.25, -0.2) is 4.98 Å². The van der Waals surface area contributed by atoms with E-state index in [1.165, 1.54) is 0 Å². The van der Waals surface area contributed by atoms with Crippen molar-refractivity contribution in [3.63, 3.8) is 0 Å². The zero-order chi connectivity index (χ0) is 19.6. The molecular weight excluding hydrogens is 362 g/mol. The molecule has 3 aromatic heterocycles. The monoisotopic (exact) mass is 379 g/mol. The van der Waals surface area contributed by atoms with Gasteiger partial charge in [-0.2, -0.15) is 5.10 Å². The lowest BCUT2D eigenvalue weighted by molar-refractivity contribution is -0.111. The second-order valence-electron chi connectivity index (χ2n) is 6.69. The van der Waals surface area contributed by atoms with Gasteiger partial charge < -0.3 is 10.3 Å². The van der Waals surface area contributed by atoms with Crippen LogP contribution in [0.3, 0.4) is 0 Å². The Morgan fingerprint density at radius 3 is 2.83 bits per heavy atom. The number of amides is 1. The molecule has 6 nitrogen and oxygen atoms in total. The van der Waals surface area contributed by atoms with Gasteiger partial charge >= 0.3 is 0 Å². The van der Waals surface area contributed by atoms with Crippen molar-refractivity contribution >= 4 is 45.2 Å². The molecule has 0 spiro atoms. The predicted octanol–water partition coefficient (Wildman–Crippen LogP) is 4.62. The minimum absolute atomic E-state index is 0.187. The molecule has 0 aliphatic rings. The van der Waals surface area contributed by atoms with Crippen molar-refractivity contribution in [2.75, 3.05) is 5.32 Å². The molecule has 0 saturated carbocycles. The summed E-state index contributed by atoms with van der Waals surface area (Å²) in [6.45, 7) is 0. The quantitative estimate of drug-likeness (QED) is 0.398. The van der Waals surface area contributed by atoms with Crippen LogP contribution in [0.1, 0.15) is 11.1 Å². The molecule has 5 aromatic rings. The van der Waals surface area contributed by atoms with E-state index in [9.17, 15) is 4.79 Å². The van der Waals surface area contributed by atoms with Gasteiger partial charge in [0.2, 0.25) is 0 Å². The molecule has 1 amide bonds. The van der Waals surface area contributed by atoms with Gasteiger partial charge in [-0.3, -0.25) is 9.89 Å². The Labute approximate surface area is 166 Å². The van der Waals surface area contributed by atoms with Gasteiger partial charge in [-0.1, -0.05) is 30.3 Å². The first-order valence-corrected chi connectivity index (χ1v) is 9.22. The molecule has 29 heavy (non-hydrogen) atoms. The number of hydrogen-bond acceptors (Lipinski definition) is 3. The van der Waals surface area contributed by atoms with Crippen LogP contribution in [0.5, 0.6) is 0 Å². The van der Waals surface area contributed by atoms with Crippen molar-refractivity contribution in [2.45, 2.75) is 0 Å². The summed E-state index contributed by atoms with van der Waals surface area (Å²) >= 11 is 0. The first-order valence-electron chi connectivity index (χ1n) is 9.22. The van der Waals surface area contributed by atoms with E-state index in [1.807, 2.05) is 72.9 Å². The van der Waals surface area contributed by atoms with Crippen molar-refractivity contribution < 1.29 is 4.79 Å². The van der Waals surface area contributed by atoms with Crippen LogP contribution >= 0.6 is 0 Å². The second kappa shape index (κ2) is 7.09. The molecular formula is C23H17N5O. The Bertz CT molecular complexity index is 1350. The minimum atomic E-state index is -0.187. The van der Waals surface area contributed by atoms with Crippen molar-refractivity contribution in [1.82, 2.24) is 20.2 Å². The lowest BCUT2D eigenvalue weighted by Gasteiger charge is -2.10. The minimum Gasteiger partial charge on any atom is -0.346 e. The number of benzene rings is 2. The molecule has 0 fully saturated rings. The summed E-state index contributed by atoms with van der Waals surface area (Å²) in [5.41, 5.74) is 4.68. The van der Waals surface area contributed by atoms with E-state index in [0.29, 0.717) is 11.3 Å². The maximum atomic E-state index is 13.2. The summed E-state index contributed by atoms with van der Waals surface area (Å²) < 4.78 is 0. The number of fused-ring (bicyclic) bond motifs is 2. The van der Waals surface area contributed by atoms with Crippen molar-refractivity contribution in [3.05, 3.63) is 90.4 Å². The van der Waals surface area contributed by atoms with Gasteiger partial charge in [0, 0.05) is 40.0 Å². The Morgan fingerprint density at radius 1 is 1.03 bits per heavy atom. The third kappa shape index (κ3) is 3.27. The molecule has 0 radical (unpaired) electrons. The van der Waals surface area contributed by atoms with Crippen LogP contribution in [-0.2, 0) is 4.79 Å². The average molecular weight is 379 g/mol. The molecule has 3 heterocycles. The number of rotatable bonds is 4. The molecule has 5 rings (SSSR count). The van der Waals surface area contributed by atoms with Crippen LogP contribution in [0.15, 0.2) is 79.3 Å². The van der Waals surface area contributed by atoms with E-state index in [1.54, 1.807) is 12.4 Å². The Balaban J connectivity index is 1.55. The average Bonchev–Trinajstić information content (AvgIpc) is 3.39. The van der Waals surface area contributed by atoms with E-state index in [2.05, 4.69) is 25.5 Å². The van der Waals surface area contributed by atoms with E-state index in [-0.39, 0.29) is 5.91 Å². The molecule has 0 unspecified atom stereocenters. The zero-order valence-corrected chi connectivity index (χ0v) is 15.4. The number of nitrogens with zero attached hydrogens (tertiary/aromatic N) is 2. The molecule has 3 N–H and O–H groups in total. The van der Waals surface area contributed by atoms with Gasteiger partial charge in [0.05, 0.1) is 11.7 Å². The molecule has 0 aliphatic carbocycles. The van der Waals surface area contributed by atoms with Crippen LogP contribution in [0.2, 0.25) is 0 Å². The summed E-state index contributed by atoms with van der Waals surface area (Å²) in [5.74, 6) is -0.187. The normalized spacial score (nSPS) is 11.8. The molecule has 0 atom stereocenters. The third-order valence-electron chi connectivity index (χ3n) is 4.81. The summed E-state index contributed by atoms with van der Waals surface area (Å²) in [7, 11) is 0. The topological polar surface area (TPSA) is 86.5 Å². The van der Waals surface area contributed by atoms with Crippen molar-refractivity contribution in [3.8, 4) is 0 Å². The standard InChI is InChI=1S/C23H17N5O/c29-23(27-18-9-8-16-14-26-28-21(16)12-18)20(15-5-2-1-3-6-15)11-17-13-25-22-19(17)7-4-10-24-22/h1-14H,(H,24,25)(H,26,28)(H,27,29)/b20-11+. The van der Waals surface area contributed by atoms with Crippen LogP contribution in [0.4, 0.5) is 5.69 Å². The van der Waals surface area contributed by atoms with Crippen LogP contribution < -0.4 is 5.32 Å². The number of pyridine rings is 1. The van der Waals surface area contributed by atoms with E-state index in [0.717, 1.165) is 33.1 Å². The van der Waals surface area contributed by atoms with E-state index < -0.39 is 0 Å². The first-order chi connectivity index (χ1) is 14.3. The fraction of sp³-hybridized carbons (Fsp3) is 0. The smallest absolute Gasteiger partial charge is 0.256 e. The summed E-state index contributed by atoms with van der Waals surface area (Å²) in [5, 5.41) is 11.9. The number of aromatic nitrogens is 4. The zero-order valence-electron chi connectivity index (χ0n) is 15.4. The lowest BCUT2D eigenvalue weighted by atomic mass is 10.0. The summed E-state index contributed by atoms with van der Waals surface area (Å²) in [4.78, 5) is 20.7. The molecule has 2 aromatic carbocycles. The maximum Gasteiger partial charge on any atom is 0.256 e. The molecule has 0 bridgehead atoms. The largest absolute Gasteiger partial charge is 0.346 e. The number of carbonyl (C=O) groups excluding carboxylic acids is 1.